The van der Waals surface area contributed by atoms with Crippen molar-refractivity contribution in [1.82, 2.24) is 9.62 Å². The van der Waals surface area contributed by atoms with Crippen LogP contribution >= 0.6 is 0 Å². The minimum atomic E-state index is -3.85. The number of halogens is 1. The highest BCUT2D eigenvalue weighted by atomic mass is 32.2. The Labute approximate surface area is 146 Å². The number of piperidine rings is 1. The largest absolute Gasteiger partial charge is 0.349 e. The highest BCUT2D eigenvalue weighted by Crippen LogP contribution is 2.23. The van der Waals surface area contributed by atoms with E-state index < -0.39 is 15.8 Å². The van der Waals surface area contributed by atoms with E-state index in [2.05, 4.69) is 5.32 Å². The predicted molar refractivity (Wildman–Crippen MR) is 92.1 cm³/mol. The summed E-state index contributed by atoms with van der Waals surface area (Å²) >= 11 is 0. The van der Waals surface area contributed by atoms with Crippen molar-refractivity contribution >= 4 is 15.9 Å². The summed E-state index contributed by atoms with van der Waals surface area (Å²) in [4.78, 5) is 11.9. The minimum Gasteiger partial charge on any atom is -0.349 e. The molecule has 1 heterocycles. The molecule has 0 radical (unpaired) electrons. The number of rotatable bonds is 4. The first kappa shape index (κ1) is 17.6. The van der Waals surface area contributed by atoms with Gasteiger partial charge in [-0.2, -0.15) is 4.31 Å². The Balaban J connectivity index is 1.62. The van der Waals surface area contributed by atoms with Gasteiger partial charge in [-0.15, -0.1) is 0 Å². The van der Waals surface area contributed by atoms with Crippen LogP contribution in [-0.2, 0) is 10.0 Å². The van der Waals surface area contributed by atoms with Crippen molar-refractivity contribution in [2.24, 2.45) is 0 Å². The van der Waals surface area contributed by atoms with Crippen LogP contribution in [0.4, 0.5) is 4.39 Å². The van der Waals surface area contributed by atoms with E-state index in [4.69, 9.17) is 0 Å². The fourth-order valence-corrected chi connectivity index (χ4v) is 4.43. The van der Waals surface area contributed by atoms with Gasteiger partial charge in [0, 0.05) is 24.7 Å². The van der Waals surface area contributed by atoms with E-state index in [0.717, 1.165) is 6.07 Å². The fraction of sp³-hybridized carbons (Fsp3) is 0.278. The second-order valence-electron chi connectivity index (χ2n) is 5.95. The van der Waals surface area contributed by atoms with Crippen LogP contribution in [0.2, 0.25) is 0 Å². The van der Waals surface area contributed by atoms with Crippen molar-refractivity contribution in [1.29, 1.82) is 0 Å². The molecule has 1 saturated heterocycles. The standard InChI is InChI=1S/C18H19FN2O3S/c19-16-8-4-5-9-17(16)25(23,24)21-12-10-15(11-13-21)20-18(22)14-6-2-1-3-7-14/h1-9,15H,10-13H2,(H,20,22). The SMILES string of the molecule is O=C(NC1CCN(S(=O)(=O)c2ccccc2F)CC1)c1ccccc1. The number of hydrogen-bond donors (Lipinski definition) is 1. The van der Waals surface area contributed by atoms with Gasteiger partial charge in [0.25, 0.3) is 5.91 Å². The van der Waals surface area contributed by atoms with E-state index in [9.17, 15) is 17.6 Å². The van der Waals surface area contributed by atoms with E-state index in [0.29, 0.717) is 18.4 Å². The van der Waals surface area contributed by atoms with Gasteiger partial charge in [0.15, 0.2) is 0 Å². The second-order valence-corrected chi connectivity index (χ2v) is 7.85. The van der Waals surface area contributed by atoms with Gasteiger partial charge in [-0.25, -0.2) is 12.8 Å². The van der Waals surface area contributed by atoms with Gasteiger partial charge in [0.1, 0.15) is 10.7 Å². The number of hydrogen-bond acceptors (Lipinski definition) is 3. The summed E-state index contributed by atoms with van der Waals surface area (Å²) < 4.78 is 40.2. The van der Waals surface area contributed by atoms with Crippen LogP contribution in [0.15, 0.2) is 59.5 Å². The number of sulfonamides is 1. The third-order valence-corrected chi connectivity index (χ3v) is 6.21. The van der Waals surface area contributed by atoms with Crippen molar-refractivity contribution < 1.29 is 17.6 Å². The first-order chi connectivity index (χ1) is 12.0. The molecule has 132 valence electrons. The Morgan fingerprint density at radius 1 is 1.00 bits per heavy atom. The van der Waals surface area contributed by atoms with Crippen molar-refractivity contribution in [3.8, 4) is 0 Å². The average Bonchev–Trinajstić information content (AvgIpc) is 2.63. The molecule has 5 nitrogen and oxygen atoms in total. The van der Waals surface area contributed by atoms with Gasteiger partial charge in [-0.1, -0.05) is 30.3 Å². The van der Waals surface area contributed by atoms with E-state index in [-0.39, 0.29) is 29.9 Å². The predicted octanol–water partition coefficient (Wildman–Crippen LogP) is 2.41. The first-order valence-corrected chi connectivity index (χ1v) is 9.53. The maximum Gasteiger partial charge on any atom is 0.251 e. The topological polar surface area (TPSA) is 66.5 Å². The van der Waals surface area contributed by atoms with Gasteiger partial charge >= 0.3 is 0 Å². The third-order valence-electron chi connectivity index (χ3n) is 4.28. The number of nitrogens with one attached hydrogen (secondary N) is 1. The van der Waals surface area contributed by atoms with Gasteiger partial charge in [0.05, 0.1) is 0 Å². The molecule has 0 aromatic heterocycles. The van der Waals surface area contributed by atoms with Crippen molar-refractivity contribution in [2.45, 2.75) is 23.8 Å². The lowest BCUT2D eigenvalue weighted by atomic mass is 10.1. The lowest BCUT2D eigenvalue weighted by molar-refractivity contribution is 0.0924. The molecular formula is C18H19FN2O3S. The Morgan fingerprint density at radius 2 is 1.60 bits per heavy atom. The number of nitrogens with zero attached hydrogens (tertiary/aromatic N) is 1. The van der Waals surface area contributed by atoms with Crippen molar-refractivity contribution in [2.75, 3.05) is 13.1 Å². The van der Waals surface area contributed by atoms with Crippen molar-refractivity contribution in [3.63, 3.8) is 0 Å². The summed E-state index contributed by atoms with van der Waals surface area (Å²) in [5, 5.41) is 2.92. The second kappa shape index (κ2) is 7.33. The maximum atomic E-state index is 13.8. The third kappa shape index (κ3) is 3.88. The van der Waals surface area contributed by atoms with Crippen LogP contribution in [0.25, 0.3) is 0 Å². The quantitative estimate of drug-likeness (QED) is 0.908. The summed E-state index contributed by atoms with van der Waals surface area (Å²) in [6.07, 6.45) is 0.985. The molecule has 0 saturated carbocycles. The Hall–Kier alpha value is -2.25. The Kier molecular flexibility index (Phi) is 5.15. The number of carbonyl (C=O) groups is 1. The van der Waals surface area contributed by atoms with E-state index in [1.165, 1.54) is 22.5 Å². The van der Waals surface area contributed by atoms with Crippen LogP contribution in [0.5, 0.6) is 0 Å². The molecule has 2 aromatic carbocycles. The molecule has 0 atom stereocenters. The fourth-order valence-electron chi connectivity index (χ4n) is 2.89. The summed E-state index contributed by atoms with van der Waals surface area (Å²) in [5.41, 5.74) is 0.573. The van der Waals surface area contributed by atoms with Crippen LogP contribution in [0, 0.1) is 5.82 Å². The molecule has 3 rings (SSSR count). The van der Waals surface area contributed by atoms with Crippen LogP contribution in [0.1, 0.15) is 23.2 Å². The highest BCUT2D eigenvalue weighted by Gasteiger charge is 2.31. The van der Waals surface area contributed by atoms with Gasteiger partial charge in [-0.3, -0.25) is 4.79 Å². The number of benzene rings is 2. The zero-order valence-electron chi connectivity index (χ0n) is 13.6. The summed E-state index contributed by atoms with van der Waals surface area (Å²) in [6, 6.07) is 14.1. The summed E-state index contributed by atoms with van der Waals surface area (Å²) in [6.45, 7) is 0.493. The van der Waals surface area contributed by atoms with E-state index >= 15 is 0 Å². The van der Waals surface area contributed by atoms with Crippen LogP contribution in [-0.4, -0.2) is 37.8 Å². The minimum absolute atomic E-state index is 0.0974. The molecule has 1 N–H and O–H groups in total. The van der Waals surface area contributed by atoms with Crippen LogP contribution < -0.4 is 5.32 Å². The Morgan fingerprint density at radius 3 is 2.24 bits per heavy atom. The van der Waals surface area contributed by atoms with Gasteiger partial charge < -0.3 is 5.32 Å². The van der Waals surface area contributed by atoms with Gasteiger partial charge in [-0.05, 0) is 37.1 Å². The molecule has 2 aromatic rings. The number of amides is 1. The average molecular weight is 362 g/mol. The maximum absolute atomic E-state index is 13.8. The highest BCUT2D eigenvalue weighted by molar-refractivity contribution is 7.89. The molecule has 25 heavy (non-hydrogen) atoms. The molecule has 1 fully saturated rings. The molecule has 1 aliphatic rings. The molecule has 0 bridgehead atoms. The normalized spacial score (nSPS) is 16.5. The zero-order valence-corrected chi connectivity index (χ0v) is 14.4. The first-order valence-electron chi connectivity index (χ1n) is 8.09. The van der Waals surface area contributed by atoms with E-state index in [1.54, 1.807) is 24.3 Å². The molecular weight excluding hydrogens is 343 g/mol. The van der Waals surface area contributed by atoms with Crippen molar-refractivity contribution in [3.05, 3.63) is 66.0 Å². The number of carbonyl (C=O) groups excluding carboxylic acids is 1. The van der Waals surface area contributed by atoms with Gasteiger partial charge in [0.2, 0.25) is 10.0 Å². The summed E-state index contributed by atoms with van der Waals surface area (Å²) in [5.74, 6) is -0.919. The molecule has 1 aliphatic heterocycles. The summed E-state index contributed by atoms with van der Waals surface area (Å²) in [7, 11) is -3.85. The smallest absolute Gasteiger partial charge is 0.251 e. The van der Waals surface area contributed by atoms with Crippen LogP contribution in [0.3, 0.4) is 0 Å². The zero-order chi connectivity index (χ0) is 17.9. The lowest BCUT2D eigenvalue weighted by Gasteiger charge is -2.31. The lowest BCUT2D eigenvalue weighted by Crippen LogP contribution is -2.46. The molecule has 0 spiro atoms. The Bertz CT molecular complexity index is 848. The molecule has 0 aliphatic carbocycles. The molecule has 1 amide bonds. The monoisotopic (exact) mass is 362 g/mol. The molecule has 7 heteroatoms. The molecule has 0 unspecified atom stereocenters. The van der Waals surface area contributed by atoms with E-state index in [1.807, 2.05) is 6.07 Å².